The number of fused-ring (bicyclic) bond motifs is 1. The fourth-order valence-electron chi connectivity index (χ4n) is 3.55. The van der Waals surface area contributed by atoms with Crippen LogP contribution in [0.5, 0.6) is 0 Å². The standard InChI is InChI=1S/C21H22N4O2/c26-20-12-16(14-25(20)17-6-2-1-3-7-17)24-21(27)22-11-10-15-13-23-19-9-5-4-8-18(15)19/h1-9,13,16,23H,10-12,14H2,(H2,22,24,27)/t16-/m0/s1. The van der Waals surface area contributed by atoms with Crippen LogP contribution in [0.3, 0.4) is 0 Å². The Morgan fingerprint density at radius 1 is 1.11 bits per heavy atom. The summed E-state index contributed by atoms with van der Waals surface area (Å²) < 4.78 is 0. The molecule has 2 heterocycles. The Morgan fingerprint density at radius 3 is 2.74 bits per heavy atom. The lowest BCUT2D eigenvalue weighted by Gasteiger charge is -2.17. The molecular weight excluding hydrogens is 340 g/mol. The lowest BCUT2D eigenvalue weighted by molar-refractivity contribution is -0.117. The van der Waals surface area contributed by atoms with Gasteiger partial charge >= 0.3 is 6.03 Å². The molecular formula is C21H22N4O2. The van der Waals surface area contributed by atoms with E-state index in [-0.39, 0.29) is 18.0 Å². The lowest BCUT2D eigenvalue weighted by Crippen LogP contribution is -2.43. The molecule has 1 aromatic heterocycles. The van der Waals surface area contributed by atoms with Gasteiger partial charge in [-0.05, 0) is 30.2 Å². The zero-order chi connectivity index (χ0) is 18.6. The summed E-state index contributed by atoms with van der Waals surface area (Å²) in [7, 11) is 0. The van der Waals surface area contributed by atoms with Crippen molar-refractivity contribution in [3.63, 3.8) is 0 Å². The van der Waals surface area contributed by atoms with Gasteiger partial charge in [0.1, 0.15) is 0 Å². The number of H-pyrrole nitrogens is 1. The molecule has 1 saturated heterocycles. The van der Waals surface area contributed by atoms with Crippen LogP contribution in [0.4, 0.5) is 10.5 Å². The van der Waals surface area contributed by atoms with E-state index in [1.165, 1.54) is 10.9 Å². The number of carbonyl (C=O) groups is 2. The number of nitrogens with zero attached hydrogens (tertiary/aromatic N) is 1. The zero-order valence-electron chi connectivity index (χ0n) is 14.9. The van der Waals surface area contributed by atoms with Gasteiger partial charge in [0.25, 0.3) is 0 Å². The van der Waals surface area contributed by atoms with Gasteiger partial charge in [-0.3, -0.25) is 4.79 Å². The first-order valence-electron chi connectivity index (χ1n) is 9.15. The molecule has 0 unspecified atom stereocenters. The third-order valence-electron chi connectivity index (χ3n) is 4.88. The number of amides is 3. The number of carbonyl (C=O) groups excluding carboxylic acids is 2. The van der Waals surface area contributed by atoms with Crippen molar-refractivity contribution >= 4 is 28.5 Å². The van der Waals surface area contributed by atoms with E-state index in [2.05, 4.69) is 21.7 Å². The van der Waals surface area contributed by atoms with E-state index in [9.17, 15) is 9.59 Å². The van der Waals surface area contributed by atoms with E-state index in [0.717, 1.165) is 17.6 Å². The van der Waals surface area contributed by atoms with Gasteiger partial charge in [0.2, 0.25) is 5.91 Å². The number of benzene rings is 2. The summed E-state index contributed by atoms with van der Waals surface area (Å²) >= 11 is 0. The molecule has 0 aliphatic carbocycles. The van der Waals surface area contributed by atoms with E-state index in [4.69, 9.17) is 0 Å². The Morgan fingerprint density at radius 2 is 1.89 bits per heavy atom. The summed E-state index contributed by atoms with van der Waals surface area (Å²) in [6.07, 6.45) is 3.06. The Bertz CT molecular complexity index is 951. The van der Waals surface area contributed by atoms with Crippen molar-refractivity contribution < 1.29 is 9.59 Å². The Hall–Kier alpha value is -3.28. The minimum absolute atomic E-state index is 0.0327. The molecule has 3 aromatic rings. The van der Waals surface area contributed by atoms with Gasteiger partial charge in [-0.15, -0.1) is 0 Å². The van der Waals surface area contributed by atoms with Gasteiger partial charge in [-0.1, -0.05) is 36.4 Å². The lowest BCUT2D eigenvalue weighted by atomic mass is 10.1. The van der Waals surface area contributed by atoms with Gasteiger partial charge in [0.15, 0.2) is 0 Å². The molecule has 27 heavy (non-hydrogen) atoms. The summed E-state index contributed by atoms with van der Waals surface area (Å²) in [6.45, 7) is 1.04. The molecule has 2 aromatic carbocycles. The fraction of sp³-hybridized carbons (Fsp3) is 0.238. The molecule has 1 aliphatic rings. The number of anilines is 1. The van der Waals surface area contributed by atoms with Crippen molar-refractivity contribution in [3.05, 3.63) is 66.4 Å². The van der Waals surface area contributed by atoms with Gasteiger partial charge < -0.3 is 20.5 Å². The molecule has 1 aliphatic heterocycles. The molecule has 6 heteroatoms. The highest BCUT2D eigenvalue weighted by Crippen LogP contribution is 2.21. The molecule has 0 spiro atoms. The predicted octanol–water partition coefficient (Wildman–Crippen LogP) is 2.82. The first-order valence-corrected chi connectivity index (χ1v) is 9.15. The van der Waals surface area contributed by atoms with Crippen molar-refractivity contribution in [3.8, 4) is 0 Å². The molecule has 0 saturated carbocycles. The SMILES string of the molecule is O=C(NCCc1c[nH]c2ccccc12)N[C@H]1CC(=O)N(c2ccccc2)C1. The molecule has 6 nitrogen and oxygen atoms in total. The van der Waals surface area contributed by atoms with Crippen LogP contribution in [-0.2, 0) is 11.2 Å². The number of hydrogen-bond acceptors (Lipinski definition) is 2. The number of rotatable bonds is 5. The topological polar surface area (TPSA) is 77.2 Å². The Balaban J connectivity index is 1.27. The molecule has 1 fully saturated rings. The number of aromatic amines is 1. The molecule has 1 atom stereocenters. The van der Waals surface area contributed by atoms with Crippen molar-refractivity contribution in [2.75, 3.05) is 18.0 Å². The maximum Gasteiger partial charge on any atom is 0.315 e. The maximum atomic E-state index is 12.2. The van der Waals surface area contributed by atoms with Crippen LogP contribution in [0.15, 0.2) is 60.8 Å². The van der Waals surface area contributed by atoms with Crippen LogP contribution in [0, 0.1) is 0 Å². The average Bonchev–Trinajstić information content (AvgIpc) is 3.26. The van der Waals surface area contributed by atoms with Crippen LogP contribution >= 0.6 is 0 Å². The molecule has 0 bridgehead atoms. The van der Waals surface area contributed by atoms with Gasteiger partial charge in [-0.25, -0.2) is 4.79 Å². The summed E-state index contributed by atoms with van der Waals surface area (Å²) in [5.41, 5.74) is 3.14. The maximum absolute atomic E-state index is 12.2. The smallest absolute Gasteiger partial charge is 0.315 e. The second-order valence-corrected chi connectivity index (χ2v) is 6.75. The summed E-state index contributed by atoms with van der Waals surface area (Å²) in [5.74, 6) is 0.0327. The first kappa shape index (κ1) is 17.1. The van der Waals surface area contributed by atoms with Gasteiger partial charge in [-0.2, -0.15) is 0 Å². The van der Waals surface area contributed by atoms with E-state index in [1.54, 1.807) is 4.90 Å². The molecule has 3 N–H and O–H groups in total. The van der Waals surface area contributed by atoms with Crippen molar-refractivity contribution in [2.45, 2.75) is 18.9 Å². The van der Waals surface area contributed by atoms with Crippen LogP contribution in [0.1, 0.15) is 12.0 Å². The number of hydrogen-bond donors (Lipinski definition) is 3. The number of urea groups is 1. The van der Waals surface area contributed by atoms with Gasteiger partial charge in [0, 0.05) is 42.3 Å². The van der Waals surface area contributed by atoms with Crippen LogP contribution in [-0.4, -0.2) is 36.1 Å². The zero-order valence-corrected chi connectivity index (χ0v) is 14.9. The number of aromatic nitrogens is 1. The minimum atomic E-state index is -0.234. The highest BCUT2D eigenvalue weighted by atomic mass is 16.2. The summed E-state index contributed by atoms with van der Waals surface area (Å²) in [4.78, 5) is 29.4. The van der Waals surface area contributed by atoms with Crippen LogP contribution < -0.4 is 15.5 Å². The van der Waals surface area contributed by atoms with Crippen LogP contribution in [0.25, 0.3) is 10.9 Å². The number of para-hydroxylation sites is 2. The molecule has 3 amide bonds. The first-order chi connectivity index (χ1) is 13.2. The summed E-state index contributed by atoms with van der Waals surface area (Å²) in [6, 6.07) is 17.2. The molecule has 138 valence electrons. The third kappa shape index (κ3) is 3.79. The minimum Gasteiger partial charge on any atom is -0.361 e. The van der Waals surface area contributed by atoms with Crippen molar-refractivity contribution in [1.82, 2.24) is 15.6 Å². The predicted molar refractivity (Wildman–Crippen MR) is 106 cm³/mol. The third-order valence-corrected chi connectivity index (χ3v) is 4.88. The monoisotopic (exact) mass is 362 g/mol. The van der Waals surface area contributed by atoms with E-state index < -0.39 is 0 Å². The largest absolute Gasteiger partial charge is 0.361 e. The fourth-order valence-corrected chi connectivity index (χ4v) is 3.55. The highest BCUT2D eigenvalue weighted by molar-refractivity contribution is 5.96. The average molecular weight is 362 g/mol. The molecule has 4 rings (SSSR count). The normalized spacial score (nSPS) is 16.7. The van der Waals surface area contributed by atoms with E-state index in [1.807, 2.05) is 54.7 Å². The van der Waals surface area contributed by atoms with Crippen LogP contribution in [0.2, 0.25) is 0 Å². The second-order valence-electron chi connectivity index (χ2n) is 6.75. The highest BCUT2D eigenvalue weighted by Gasteiger charge is 2.31. The van der Waals surface area contributed by atoms with Crippen molar-refractivity contribution in [2.24, 2.45) is 0 Å². The summed E-state index contributed by atoms with van der Waals surface area (Å²) in [5, 5.41) is 6.97. The van der Waals surface area contributed by atoms with Crippen molar-refractivity contribution in [1.29, 1.82) is 0 Å². The second kappa shape index (κ2) is 7.53. The number of nitrogens with one attached hydrogen (secondary N) is 3. The quantitative estimate of drug-likeness (QED) is 0.653. The van der Waals surface area contributed by atoms with E-state index >= 15 is 0 Å². The van der Waals surface area contributed by atoms with Gasteiger partial charge in [0.05, 0.1) is 6.04 Å². The van der Waals surface area contributed by atoms with E-state index in [0.29, 0.717) is 19.5 Å². The Kier molecular flexibility index (Phi) is 4.78. The molecule has 0 radical (unpaired) electrons. The Labute approximate surface area is 157 Å².